The molecule has 0 atom stereocenters. The minimum Gasteiger partial charge on any atom is -0.325 e. The summed E-state index contributed by atoms with van der Waals surface area (Å²) >= 11 is 6.07. The van der Waals surface area contributed by atoms with Gasteiger partial charge >= 0.3 is 0 Å². The van der Waals surface area contributed by atoms with Gasteiger partial charge in [0.2, 0.25) is 5.91 Å². The van der Waals surface area contributed by atoms with Crippen molar-refractivity contribution in [2.75, 3.05) is 25.0 Å². The van der Waals surface area contributed by atoms with E-state index in [1.54, 1.807) is 6.07 Å². The number of amides is 1. The molecule has 0 radical (unpaired) electrons. The van der Waals surface area contributed by atoms with E-state index in [9.17, 15) is 4.79 Å². The first-order valence-corrected chi connectivity index (χ1v) is 9.39. The summed E-state index contributed by atoms with van der Waals surface area (Å²) in [5, 5.41) is 3.47. The second-order valence-corrected chi connectivity index (χ2v) is 7.16. The highest BCUT2D eigenvalue weighted by Gasteiger charge is 2.20. The van der Waals surface area contributed by atoms with Gasteiger partial charge in [-0.3, -0.25) is 4.79 Å². The van der Waals surface area contributed by atoms with Crippen LogP contribution in [0.4, 0.5) is 5.69 Å². The van der Waals surface area contributed by atoms with Gasteiger partial charge in [0, 0.05) is 13.0 Å². The van der Waals surface area contributed by atoms with Gasteiger partial charge in [-0.2, -0.15) is 0 Å². The fourth-order valence-electron chi connectivity index (χ4n) is 3.40. The largest absolute Gasteiger partial charge is 0.325 e. The minimum absolute atomic E-state index is 0.0273. The van der Waals surface area contributed by atoms with Gasteiger partial charge in [-0.25, -0.2) is 0 Å². The summed E-state index contributed by atoms with van der Waals surface area (Å²) in [5.41, 5.74) is 2.12. The number of piperidine rings is 1. The Labute approximate surface area is 155 Å². The molecule has 25 heavy (non-hydrogen) atoms. The number of hydrogen-bond donors (Lipinski definition) is 1. The molecule has 1 aliphatic heterocycles. The summed E-state index contributed by atoms with van der Waals surface area (Å²) in [5.74, 6) is 0.787. The van der Waals surface area contributed by atoms with Crippen molar-refractivity contribution < 1.29 is 4.79 Å². The lowest BCUT2D eigenvalue weighted by atomic mass is 9.90. The average molecular weight is 357 g/mol. The Kier molecular flexibility index (Phi) is 6.48. The number of rotatable bonds is 6. The van der Waals surface area contributed by atoms with Crippen LogP contribution in [-0.4, -0.2) is 30.4 Å². The number of benzene rings is 2. The Morgan fingerprint density at radius 2 is 1.72 bits per heavy atom. The number of carbonyl (C=O) groups is 1. The molecular weight excluding hydrogens is 332 g/mol. The Morgan fingerprint density at radius 1 is 1.04 bits per heavy atom. The van der Waals surface area contributed by atoms with Crippen molar-refractivity contribution in [2.24, 2.45) is 5.92 Å². The van der Waals surface area contributed by atoms with Crippen LogP contribution < -0.4 is 5.32 Å². The van der Waals surface area contributed by atoms with E-state index in [0.717, 1.165) is 25.6 Å². The van der Waals surface area contributed by atoms with Crippen molar-refractivity contribution in [3.8, 4) is 0 Å². The van der Waals surface area contributed by atoms with E-state index in [2.05, 4.69) is 40.5 Å². The molecule has 1 heterocycles. The summed E-state index contributed by atoms with van der Waals surface area (Å²) in [7, 11) is 0. The number of anilines is 1. The maximum absolute atomic E-state index is 12.1. The fourth-order valence-corrected chi connectivity index (χ4v) is 3.58. The monoisotopic (exact) mass is 356 g/mol. The maximum Gasteiger partial charge on any atom is 0.225 e. The van der Waals surface area contributed by atoms with Crippen LogP contribution in [0.5, 0.6) is 0 Å². The van der Waals surface area contributed by atoms with Crippen LogP contribution in [0.2, 0.25) is 5.02 Å². The summed E-state index contributed by atoms with van der Waals surface area (Å²) in [6.45, 7) is 2.97. The van der Waals surface area contributed by atoms with E-state index in [-0.39, 0.29) is 5.91 Å². The lowest BCUT2D eigenvalue weighted by molar-refractivity contribution is -0.116. The van der Waals surface area contributed by atoms with Crippen molar-refractivity contribution in [1.82, 2.24) is 4.90 Å². The van der Waals surface area contributed by atoms with Gasteiger partial charge in [-0.1, -0.05) is 54.1 Å². The Morgan fingerprint density at radius 3 is 2.44 bits per heavy atom. The van der Waals surface area contributed by atoms with Gasteiger partial charge in [0.25, 0.3) is 0 Å². The van der Waals surface area contributed by atoms with E-state index in [1.165, 1.54) is 24.8 Å². The van der Waals surface area contributed by atoms with Crippen LogP contribution in [0.15, 0.2) is 54.6 Å². The maximum atomic E-state index is 12.1. The van der Waals surface area contributed by atoms with Crippen LogP contribution in [0.3, 0.4) is 0 Å². The third-order valence-electron chi connectivity index (χ3n) is 4.88. The molecule has 3 rings (SSSR count). The highest BCUT2D eigenvalue weighted by atomic mass is 35.5. The van der Waals surface area contributed by atoms with Gasteiger partial charge in [0.15, 0.2) is 0 Å². The lowest BCUT2D eigenvalue weighted by Crippen LogP contribution is -2.36. The number of carbonyl (C=O) groups excluding carboxylic acids is 1. The second-order valence-electron chi connectivity index (χ2n) is 6.75. The second kappa shape index (κ2) is 9.02. The van der Waals surface area contributed by atoms with E-state index in [1.807, 2.05) is 18.2 Å². The summed E-state index contributed by atoms with van der Waals surface area (Å²) in [6, 6.07) is 18.1. The first kappa shape index (κ1) is 18.0. The quantitative estimate of drug-likeness (QED) is 0.818. The number of hydrogen-bond acceptors (Lipinski definition) is 2. The molecule has 0 saturated carbocycles. The summed E-state index contributed by atoms with van der Waals surface area (Å²) in [6.07, 6.45) is 4.10. The molecule has 1 fully saturated rings. The van der Waals surface area contributed by atoms with E-state index < -0.39 is 0 Å². The van der Waals surface area contributed by atoms with Crippen molar-refractivity contribution >= 4 is 23.2 Å². The minimum atomic E-state index is 0.0273. The van der Waals surface area contributed by atoms with Gasteiger partial charge in [-0.15, -0.1) is 0 Å². The SMILES string of the molecule is O=C(CCN1CCC(Cc2ccccc2)CC1)Nc1ccccc1Cl. The zero-order chi connectivity index (χ0) is 17.5. The molecule has 0 spiro atoms. The summed E-state index contributed by atoms with van der Waals surface area (Å²) in [4.78, 5) is 14.5. The molecular formula is C21H25ClN2O. The van der Waals surface area contributed by atoms with Crippen LogP contribution in [0.1, 0.15) is 24.8 Å². The molecule has 2 aromatic rings. The number of nitrogens with one attached hydrogen (secondary N) is 1. The zero-order valence-corrected chi connectivity index (χ0v) is 15.2. The molecule has 2 aromatic carbocycles. The Balaban J connectivity index is 1.38. The molecule has 1 saturated heterocycles. The average Bonchev–Trinajstić information content (AvgIpc) is 2.64. The van der Waals surface area contributed by atoms with Crippen LogP contribution in [-0.2, 0) is 11.2 Å². The van der Waals surface area contributed by atoms with Crippen LogP contribution >= 0.6 is 11.6 Å². The molecule has 132 valence electrons. The standard InChI is InChI=1S/C21H25ClN2O/c22-19-8-4-5-9-20(19)23-21(25)12-15-24-13-10-18(11-14-24)16-17-6-2-1-3-7-17/h1-9,18H,10-16H2,(H,23,25). The first-order chi connectivity index (χ1) is 12.2. The summed E-state index contributed by atoms with van der Waals surface area (Å²) < 4.78 is 0. The molecule has 1 amide bonds. The molecule has 0 aromatic heterocycles. The molecule has 0 unspecified atom stereocenters. The smallest absolute Gasteiger partial charge is 0.225 e. The van der Waals surface area contributed by atoms with E-state index >= 15 is 0 Å². The van der Waals surface area contributed by atoms with Crippen LogP contribution in [0.25, 0.3) is 0 Å². The molecule has 3 nitrogen and oxygen atoms in total. The molecule has 0 aliphatic carbocycles. The molecule has 0 bridgehead atoms. The Bertz CT molecular complexity index is 681. The predicted molar refractivity (Wildman–Crippen MR) is 104 cm³/mol. The van der Waals surface area contributed by atoms with Crippen molar-refractivity contribution in [3.05, 3.63) is 65.2 Å². The number of para-hydroxylation sites is 1. The van der Waals surface area contributed by atoms with Gasteiger partial charge in [0.1, 0.15) is 0 Å². The van der Waals surface area contributed by atoms with Gasteiger partial charge in [0.05, 0.1) is 10.7 Å². The predicted octanol–water partition coefficient (Wildman–Crippen LogP) is 4.62. The van der Waals surface area contributed by atoms with Gasteiger partial charge < -0.3 is 10.2 Å². The number of halogens is 1. The van der Waals surface area contributed by atoms with Gasteiger partial charge in [-0.05, 0) is 56.0 Å². The third-order valence-corrected chi connectivity index (χ3v) is 5.21. The highest BCUT2D eigenvalue weighted by Crippen LogP contribution is 2.22. The number of nitrogens with zero attached hydrogens (tertiary/aromatic N) is 1. The fraction of sp³-hybridized carbons (Fsp3) is 0.381. The Hall–Kier alpha value is -1.84. The molecule has 1 N–H and O–H groups in total. The number of likely N-dealkylation sites (tertiary alicyclic amines) is 1. The van der Waals surface area contributed by atoms with E-state index in [4.69, 9.17) is 11.6 Å². The first-order valence-electron chi connectivity index (χ1n) is 9.01. The topological polar surface area (TPSA) is 32.3 Å². The normalized spacial score (nSPS) is 15.9. The van der Waals surface area contributed by atoms with Crippen LogP contribution in [0, 0.1) is 5.92 Å². The molecule has 1 aliphatic rings. The van der Waals surface area contributed by atoms with Crippen molar-refractivity contribution in [3.63, 3.8) is 0 Å². The van der Waals surface area contributed by atoms with E-state index in [0.29, 0.717) is 17.1 Å². The zero-order valence-electron chi connectivity index (χ0n) is 14.5. The third kappa shape index (κ3) is 5.58. The lowest BCUT2D eigenvalue weighted by Gasteiger charge is -2.31. The van der Waals surface area contributed by atoms with Crippen molar-refractivity contribution in [1.29, 1.82) is 0 Å². The molecule has 4 heteroatoms. The van der Waals surface area contributed by atoms with Crippen molar-refractivity contribution in [2.45, 2.75) is 25.7 Å². The highest BCUT2D eigenvalue weighted by molar-refractivity contribution is 6.33.